The van der Waals surface area contributed by atoms with E-state index in [4.69, 9.17) is 20.8 Å². The molecular weight excluding hydrogens is 378 g/mol. The molecule has 25 heavy (non-hydrogen) atoms. The Morgan fingerprint density at radius 3 is 2.96 bits per heavy atom. The highest BCUT2D eigenvalue weighted by Gasteiger charge is 2.10. The Kier molecular flexibility index (Phi) is 4.41. The maximum atomic E-state index is 11.8. The minimum absolute atomic E-state index is 0.368. The van der Waals surface area contributed by atoms with Crippen molar-refractivity contribution in [1.29, 1.82) is 0 Å². The number of rotatable bonds is 4. The molecule has 4 nitrogen and oxygen atoms in total. The van der Waals surface area contributed by atoms with Crippen LogP contribution in [0.1, 0.15) is 5.56 Å². The van der Waals surface area contributed by atoms with Gasteiger partial charge in [-0.1, -0.05) is 23.4 Å². The molecule has 0 atom stereocenters. The predicted octanol–water partition coefficient (Wildman–Crippen LogP) is 5.36. The molecule has 0 bridgehead atoms. The first-order valence-corrected chi connectivity index (χ1v) is 9.60. The van der Waals surface area contributed by atoms with Gasteiger partial charge in [0.15, 0.2) is 4.34 Å². The summed E-state index contributed by atoms with van der Waals surface area (Å²) < 4.78 is 12.5. The van der Waals surface area contributed by atoms with Crippen molar-refractivity contribution < 1.29 is 9.15 Å². The summed E-state index contributed by atoms with van der Waals surface area (Å²) in [7, 11) is 1.58. The van der Waals surface area contributed by atoms with Gasteiger partial charge in [-0.15, -0.1) is 11.3 Å². The number of thioether (sulfide) groups is 1. The zero-order valence-corrected chi connectivity index (χ0v) is 15.5. The minimum atomic E-state index is -0.368. The molecular formula is C18H12ClNO3S2. The lowest BCUT2D eigenvalue weighted by atomic mass is 10.1. The summed E-state index contributed by atoms with van der Waals surface area (Å²) >= 11 is 9.21. The normalized spacial score (nSPS) is 11.3. The number of nitrogens with zero attached hydrogens (tertiary/aromatic N) is 1. The van der Waals surface area contributed by atoms with Crippen molar-refractivity contribution in [3.05, 3.63) is 63.5 Å². The van der Waals surface area contributed by atoms with Crippen molar-refractivity contribution in [2.45, 2.75) is 10.1 Å². The molecule has 0 saturated carbocycles. The van der Waals surface area contributed by atoms with Crippen LogP contribution < -0.4 is 10.4 Å². The van der Waals surface area contributed by atoms with E-state index in [0.29, 0.717) is 22.1 Å². The molecule has 0 unspecified atom stereocenters. The van der Waals surface area contributed by atoms with Crippen LogP contribution in [0.2, 0.25) is 5.02 Å². The number of hydrogen-bond donors (Lipinski definition) is 0. The maximum Gasteiger partial charge on any atom is 0.336 e. The summed E-state index contributed by atoms with van der Waals surface area (Å²) in [6, 6.07) is 12.7. The van der Waals surface area contributed by atoms with Crippen molar-refractivity contribution in [1.82, 2.24) is 4.98 Å². The average molecular weight is 390 g/mol. The van der Waals surface area contributed by atoms with Crippen molar-refractivity contribution in [2.24, 2.45) is 0 Å². The number of aromatic nitrogens is 1. The summed E-state index contributed by atoms with van der Waals surface area (Å²) in [6.07, 6.45) is 0. The molecule has 4 rings (SSSR count). The van der Waals surface area contributed by atoms with Gasteiger partial charge >= 0.3 is 5.63 Å². The molecule has 0 N–H and O–H groups in total. The molecule has 0 fully saturated rings. The van der Waals surface area contributed by atoms with Gasteiger partial charge in [-0.25, -0.2) is 9.78 Å². The highest BCUT2D eigenvalue weighted by molar-refractivity contribution is 8.00. The zero-order chi connectivity index (χ0) is 17.4. The van der Waals surface area contributed by atoms with E-state index < -0.39 is 0 Å². The fourth-order valence-electron chi connectivity index (χ4n) is 2.54. The Balaban J connectivity index is 1.66. The van der Waals surface area contributed by atoms with Crippen LogP contribution in [0.4, 0.5) is 0 Å². The van der Waals surface area contributed by atoms with Crippen molar-refractivity contribution in [2.75, 3.05) is 7.11 Å². The molecule has 0 aliphatic heterocycles. The number of hydrogen-bond acceptors (Lipinski definition) is 6. The molecule has 0 amide bonds. The van der Waals surface area contributed by atoms with Crippen LogP contribution in [0, 0.1) is 0 Å². The van der Waals surface area contributed by atoms with Crippen molar-refractivity contribution in [3.63, 3.8) is 0 Å². The number of halogens is 1. The molecule has 0 radical (unpaired) electrons. The lowest BCUT2D eigenvalue weighted by Crippen LogP contribution is -2.00. The average Bonchev–Trinajstić information content (AvgIpc) is 3.00. The second-order valence-corrected chi connectivity index (χ2v) is 8.02. The van der Waals surface area contributed by atoms with Crippen LogP contribution in [0.25, 0.3) is 21.2 Å². The van der Waals surface area contributed by atoms with Crippen LogP contribution in [0.15, 0.2) is 56.0 Å². The van der Waals surface area contributed by atoms with E-state index in [9.17, 15) is 4.79 Å². The van der Waals surface area contributed by atoms with E-state index in [1.807, 2.05) is 30.3 Å². The molecule has 7 heteroatoms. The van der Waals surface area contributed by atoms with Gasteiger partial charge in [-0.05, 0) is 35.9 Å². The highest BCUT2D eigenvalue weighted by Crippen LogP contribution is 2.34. The van der Waals surface area contributed by atoms with Gasteiger partial charge in [0.2, 0.25) is 0 Å². The first kappa shape index (κ1) is 16.4. The van der Waals surface area contributed by atoms with Crippen LogP contribution in [0.5, 0.6) is 5.75 Å². The minimum Gasteiger partial charge on any atom is -0.497 e. The molecule has 2 aromatic carbocycles. The van der Waals surface area contributed by atoms with Crippen LogP contribution >= 0.6 is 34.7 Å². The Bertz CT molecular complexity index is 1140. The van der Waals surface area contributed by atoms with Gasteiger partial charge in [0, 0.05) is 28.3 Å². The topological polar surface area (TPSA) is 52.3 Å². The monoisotopic (exact) mass is 389 g/mol. The highest BCUT2D eigenvalue weighted by atomic mass is 35.5. The summed E-state index contributed by atoms with van der Waals surface area (Å²) in [6.45, 7) is 0. The van der Waals surface area contributed by atoms with Crippen LogP contribution in [-0.2, 0) is 5.75 Å². The third-order valence-electron chi connectivity index (χ3n) is 3.72. The van der Waals surface area contributed by atoms with Gasteiger partial charge in [0.05, 0.1) is 17.3 Å². The van der Waals surface area contributed by atoms with E-state index in [2.05, 4.69) is 4.98 Å². The van der Waals surface area contributed by atoms with Crippen LogP contribution in [0.3, 0.4) is 0 Å². The molecule has 0 aliphatic carbocycles. The quantitative estimate of drug-likeness (QED) is 0.347. The van der Waals surface area contributed by atoms with Gasteiger partial charge in [0.1, 0.15) is 11.3 Å². The van der Waals surface area contributed by atoms with E-state index in [1.54, 1.807) is 36.3 Å². The lowest BCUT2D eigenvalue weighted by Gasteiger charge is -2.06. The third-order valence-corrected chi connectivity index (χ3v) is 6.18. The summed E-state index contributed by atoms with van der Waals surface area (Å²) in [5.74, 6) is 1.28. The summed E-state index contributed by atoms with van der Waals surface area (Å²) in [5.41, 5.74) is 1.96. The van der Waals surface area contributed by atoms with Crippen molar-refractivity contribution >= 4 is 55.9 Å². The molecule has 4 aromatic rings. The number of fused-ring (bicyclic) bond motifs is 2. The largest absolute Gasteiger partial charge is 0.497 e. The van der Waals surface area contributed by atoms with Gasteiger partial charge < -0.3 is 9.15 Å². The Morgan fingerprint density at radius 1 is 1.24 bits per heavy atom. The predicted molar refractivity (Wildman–Crippen MR) is 103 cm³/mol. The van der Waals surface area contributed by atoms with Gasteiger partial charge in [-0.3, -0.25) is 0 Å². The second-order valence-electron chi connectivity index (χ2n) is 5.33. The van der Waals surface area contributed by atoms with E-state index in [1.165, 1.54) is 6.07 Å². The Morgan fingerprint density at radius 2 is 2.12 bits per heavy atom. The number of thiazole rings is 1. The second kappa shape index (κ2) is 6.71. The Labute approximate surface area is 156 Å². The fourth-order valence-corrected chi connectivity index (χ4v) is 4.74. The molecule has 0 saturated heterocycles. The van der Waals surface area contributed by atoms with Crippen LogP contribution in [-0.4, -0.2) is 12.1 Å². The van der Waals surface area contributed by atoms with E-state index in [-0.39, 0.29) is 5.63 Å². The zero-order valence-electron chi connectivity index (χ0n) is 13.1. The molecule has 0 aliphatic rings. The first-order valence-electron chi connectivity index (χ1n) is 7.42. The summed E-state index contributed by atoms with van der Waals surface area (Å²) in [4.78, 5) is 16.4. The molecule has 0 spiro atoms. The smallest absolute Gasteiger partial charge is 0.336 e. The number of benzene rings is 2. The molecule has 2 heterocycles. The first-order chi connectivity index (χ1) is 12.1. The maximum absolute atomic E-state index is 11.8. The lowest BCUT2D eigenvalue weighted by molar-refractivity contribution is 0.414. The van der Waals surface area contributed by atoms with Gasteiger partial charge in [-0.2, -0.15) is 0 Å². The molecule has 2 aromatic heterocycles. The summed E-state index contributed by atoms with van der Waals surface area (Å²) in [5, 5.41) is 1.58. The van der Waals surface area contributed by atoms with Gasteiger partial charge in [0.25, 0.3) is 0 Å². The molecule has 126 valence electrons. The van der Waals surface area contributed by atoms with E-state index in [0.717, 1.165) is 25.5 Å². The standard InChI is InChI=1S/C18H12ClNO3S2/c1-22-12-3-4-13-10(6-17(21)23-15(13)8-12)9-24-18-20-14-7-11(19)2-5-16(14)25-18/h2-8H,9H2,1H3. The number of ether oxygens (including phenoxy) is 1. The van der Waals surface area contributed by atoms with E-state index >= 15 is 0 Å². The third kappa shape index (κ3) is 3.38. The van der Waals surface area contributed by atoms with Crippen molar-refractivity contribution in [3.8, 4) is 5.75 Å². The SMILES string of the molecule is COc1ccc2c(CSc3nc4cc(Cl)ccc4s3)cc(=O)oc2c1. The fraction of sp³-hybridized carbons (Fsp3) is 0.111. The number of methoxy groups -OCH3 is 1. The Hall–Kier alpha value is -2.02.